The fourth-order valence-electron chi connectivity index (χ4n) is 2.78. The number of thioether (sulfide) groups is 1. The first kappa shape index (κ1) is 20.4. The summed E-state index contributed by atoms with van der Waals surface area (Å²) >= 11 is 13.4. The fraction of sp³-hybridized carbons (Fsp3) is 0.0435. The van der Waals surface area contributed by atoms with Crippen molar-refractivity contribution >= 4 is 52.1 Å². The van der Waals surface area contributed by atoms with Crippen molar-refractivity contribution < 1.29 is 4.74 Å². The number of para-hydroxylation sites is 2. The van der Waals surface area contributed by atoms with Gasteiger partial charge in [0, 0.05) is 15.6 Å². The summed E-state index contributed by atoms with van der Waals surface area (Å²) in [6.07, 6.45) is 1.82. The van der Waals surface area contributed by atoms with Crippen molar-refractivity contribution in [2.75, 3.05) is 0 Å². The third-order valence-electron chi connectivity index (χ3n) is 4.27. The lowest BCUT2D eigenvalue weighted by molar-refractivity contribution is 0.306. The Labute approximate surface area is 188 Å². The molecule has 0 saturated heterocycles. The number of H-pyrrole nitrogens is 1. The van der Waals surface area contributed by atoms with E-state index in [-0.39, 0.29) is 0 Å². The lowest BCUT2D eigenvalue weighted by atomic mass is 10.2. The van der Waals surface area contributed by atoms with E-state index in [1.54, 1.807) is 12.1 Å². The number of aromatic amines is 1. The average molecular weight is 452 g/mol. The van der Waals surface area contributed by atoms with Crippen molar-refractivity contribution in [2.24, 2.45) is 0 Å². The molecule has 0 atom stereocenters. The first-order valence-corrected chi connectivity index (χ1v) is 10.6. The number of nitriles is 1. The van der Waals surface area contributed by atoms with E-state index in [1.807, 2.05) is 60.7 Å². The second-order valence-electron chi connectivity index (χ2n) is 6.38. The van der Waals surface area contributed by atoms with Gasteiger partial charge in [-0.25, -0.2) is 4.98 Å². The van der Waals surface area contributed by atoms with Gasteiger partial charge in [0.05, 0.1) is 15.9 Å². The Morgan fingerprint density at radius 2 is 1.90 bits per heavy atom. The fourth-order valence-corrected chi connectivity index (χ4v) is 3.99. The number of hydrogen-bond donors (Lipinski definition) is 1. The molecule has 1 N–H and O–H groups in total. The number of nitrogens with zero attached hydrogens (tertiary/aromatic N) is 2. The maximum Gasteiger partial charge on any atom is 0.171 e. The lowest BCUT2D eigenvalue weighted by Gasteiger charge is -2.08. The van der Waals surface area contributed by atoms with Gasteiger partial charge in [0.15, 0.2) is 5.16 Å². The van der Waals surface area contributed by atoms with Gasteiger partial charge in [-0.05, 0) is 59.8 Å². The third-order valence-corrected chi connectivity index (χ3v) is 5.67. The first-order valence-electron chi connectivity index (χ1n) is 9.02. The zero-order valence-electron chi connectivity index (χ0n) is 15.6. The number of fused-ring (bicyclic) bond motifs is 1. The van der Waals surface area contributed by atoms with Gasteiger partial charge in [0.1, 0.15) is 18.4 Å². The summed E-state index contributed by atoms with van der Waals surface area (Å²) < 4.78 is 5.79. The number of nitrogens with one attached hydrogen (secondary N) is 1. The molecule has 0 spiro atoms. The van der Waals surface area contributed by atoms with Crippen LogP contribution in [0.15, 0.2) is 76.8 Å². The molecule has 0 radical (unpaired) electrons. The van der Waals surface area contributed by atoms with E-state index in [4.69, 9.17) is 27.9 Å². The molecule has 148 valence electrons. The largest absolute Gasteiger partial charge is 0.489 e. The van der Waals surface area contributed by atoms with E-state index in [0.29, 0.717) is 32.5 Å². The second kappa shape index (κ2) is 9.27. The third kappa shape index (κ3) is 4.98. The number of rotatable bonds is 6. The Hall–Kier alpha value is -2.91. The van der Waals surface area contributed by atoms with Gasteiger partial charge in [0.2, 0.25) is 0 Å². The summed E-state index contributed by atoms with van der Waals surface area (Å²) in [4.78, 5) is 8.25. The van der Waals surface area contributed by atoms with E-state index in [2.05, 4.69) is 16.0 Å². The summed E-state index contributed by atoms with van der Waals surface area (Å²) in [6.45, 7) is 0.344. The number of allylic oxidation sites excluding steroid dienone is 1. The van der Waals surface area contributed by atoms with E-state index < -0.39 is 0 Å². The van der Waals surface area contributed by atoms with Crippen molar-refractivity contribution in [3.63, 3.8) is 0 Å². The Balaban J connectivity index is 1.43. The highest BCUT2D eigenvalue weighted by atomic mass is 35.5. The molecule has 0 aliphatic carbocycles. The highest BCUT2D eigenvalue weighted by molar-refractivity contribution is 8.03. The van der Waals surface area contributed by atoms with E-state index in [9.17, 15) is 5.26 Å². The van der Waals surface area contributed by atoms with Crippen LogP contribution >= 0.6 is 35.0 Å². The second-order valence-corrected chi connectivity index (χ2v) is 8.25. The predicted octanol–water partition coefficient (Wildman–Crippen LogP) is 7.11. The van der Waals surface area contributed by atoms with Gasteiger partial charge in [0.25, 0.3) is 0 Å². The number of imidazole rings is 1. The van der Waals surface area contributed by atoms with Crippen molar-refractivity contribution in [3.05, 3.63) is 92.8 Å². The Morgan fingerprint density at radius 1 is 1.10 bits per heavy atom. The summed E-state index contributed by atoms with van der Waals surface area (Å²) in [6, 6.07) is 22.8. The molecule has 3 aromatic carbocycles. The van der Waals surface area contributed by atoms with E-state index in [0.717, 1.165) is 22.2 Å². The van der Waals surface area contributed by atoms with Gasteiger partial charge >= 0.3 is 0 Å². The van der Waals surface area contributed by atoms with Crippen LogP contribution in [0.2, 0.25) is 10.0 Å². The Morgan fingerprint density at radius 3 is 2.63 bits per heavy atom. The van der Waals surface area contributed by atoms with Crippen LogP contribution in [0, 0.1) is 11.3 Å². The molecule has 0 amide bonds. The molecule has 0 aliphatic heterocycles. The number of halogens is 2. The van der Waals surface area contributed by atoms with Crippen LogP contribution in [-0.2, 0) is 6.61 Å². The Bertz CT molecular complexity index is 1230. The van der Waals surface area contributed by atoms with Crippen LogP contribution in [0.4, 0.5) is 0 Å². The zero-order valence-corrected chi connectivity index (χ0v) is 17.9. The minimum Gasteiger partial charge on any atom is -0.489 e. The van der Waals surface area contributed by atoms with Crippen LogP contribution in [0.1, 0.15) is 11.1 Å². The molecule has 1 aromatic heterocycles. The van der Waals surface area contributed by atoms with E-state index >= 15 is 0 Å². The molecule has 4 nitrogen and oxygen atoms in total. The van der Waals surface area contributed by atoms with Gasteiger partial charge in [-0.15, -0.1) is 0 Å². The molecular weight excluding hydrogens is 437 g/mol. The van der Waals surface area contributed by atoms with Gasteiger partial charge < -0.3 is 9.72 Å². The normalized spacial score (nSPS) is 11.4. The van der Waals surface area contributed by atoms with Gasteiger partial charge in [-0.2, -0.15) is 5.26 Å². The van der Waals surface area contributed by atoms with Crippen LogP contribution in [0.25, 0.3) is 17.1 Å². The summed E-state index contributed by atoms with van der Waals surface area (Å²) in [5.74, 6) is 0.710. The van der Waals surface area contributed by atoms with E-state index in [1.165, 1.54) is 11.8 Å². The zero-order chi connectivity index (χ0) is 20.9. The Kier molecular flexibility index (Phi) is 6.29. The SMILES string of the molecule is N#C/C(=C\c1ccc(OCc2ccc(Cl)cc2Cl)cc1)Sc1nc2ccccc2[nH]1. The summed E-state index contributed by atoms with van der Waals surface area (Å²) in [5, 5.41) is 11.4. The van der Waals surface area contributed by atoms with Crippen LogP contribution < -0.4 is 4.74 Å². The molecular formula is C23H15Cl2N3OS. The van der Waals surface area contributed by atoms with Crippen molar-refractivity contribution in [2.45, 2.75) is 11.8 Å². The van der Waals surface area contributed by atoms with Crippen molar-refractivity contribution in [3.8, 4) is 11.8 Å². The van der Waals surface area contributed by atoms with Crippen molar-refractivity contribution in [1.29, 1.82) is 5.26 Å². The molecule has 4 rings (SSSR count). The molecule has 4 aromatic rings. The molecule has 0 bridgehead atoms. The smallest absolute Gasteiger partial charge is 0.171 e. The number of benzene rings is 3. The number of ether oxygens (including phenoxy) is 1. The molecule has 30 heavy (non-hydrogen) atoms. The lowest BCUT2D eigenvalue weighted by Crippen LogP contribution is -1.96. The maximum atomic E-state index is 9.51. The molecule has 0 saturated carbocycles. The standard InChI is InChI=1S/C23H15Cl2N3OS/c24-17-8-7-16(20(25)12-17)14-29-18-9-5-15(6-10-18)11-19(13-26)30-23-27-21-3-1-2-4-22(21)28-23/h1-12H,14H2,(H,27,28)/b19-11+. The molecule has 0 aliphatic rings. The van der Waals surface area contributed by atoms with Gasteiger partial charge in [-0.1, -0.05) is 53.5 Å². The average Bonchev–Trinajstić information content (AvgIpc) is 3.16. The first-order chi connectivity index (χ1) is 14.6. The topological polar surface area (TPSA) is 61.7 Å². The highest BCUT2D eigenvalue weighted by Gasteiger charge is 2.07. The van der Waals surface area contributed by atoms with Crippen LogP contribution in [0.5, 0.6) is 5.75 Å². The minimum absolute atomic E-state index is 0.344. The quantitative estimate of drug-likeness (QED) is 0.250. The molecule has 1 heterocycles. The predicted molar refractivity (Wildman–Crippen MR) is 123 cm³/mol. The number of aromatic nitrogens is 2. The maximum absolute atomic E-state index is 9.51. The highest BCUT2D eigenvalue weighted by Crippen LogP contribution is 2.28. The van der Waals surface area contributed by atoms with Gasteiger partial charge in [-0.3, -0.25) is 0 Å². The van der Waals surface area contributed by atoms with Crippen LogP contribution in [-0.4, -0.2) is 9.97 Å². The molecule has 7 heteroatoms. The summed E-state index contributed by atoms with van der Waals surface area (Å²) in [7, 11) is 0. The monoisotopic (exact) mass is 451 g/mol. The van der Waals surface area contributed by atoms with Crippen LogP contribution in [0.3, 0.4) is 0 Å². The molecule has 0 unspecified atom stereocenters. The number of hydrogen-bond acceptors (Lipinski definition) is 4. The molecule has 0 fully saturated rings. The van der Waals surface area contributed by atoms with Crippen molar-refractivity contribution in [1.82, 2.24) is 9.97 Å². The summed E-state index contributed by atoms with van der Waals surface area (Å²) in [5.41, 5.74) is 3.57. The minimum atomic E-state index is 0.344.